The molecule has 2 amide bonds. The van der Waals surface area contributed by atoms with E-state index in [9.17, 15) is 27.2 Å². The summed E-state index contributed by atoms with van der Waals surface area (Å²) in [6.07, 6.45) is 1.34. The third kappa shape index (κ3) is 6.12. The lowest BCUT2D eigenvalue weighted by Gasteiger charge is -2.33. The van der Waals surface area contributed by atoms with Gasteiger partial charge in [0.05, 0.1) is 35.8 Å². The van der Waals surface area contributed by atoms with Gasteiger partial charge >= 0.3 is 5.97 Å². The highest BCUT2D eigenvalue weighted by Crippen LogP contribution is 2.45. The van der Waals surface area contributed by atoms with Crippen molar-refractivity contribution in [1.82, 2.24) is 4.90 Å². The van der Waals surface area contributed by atoms with Gasteiger partial charge in [-0.2, -0.15) is 0 Å². The summed E-state index contributed by atoms with van der Waals surface area (Å²) >= 11 is 0. The van der Waals surface area contributed by atoms with Crippen molar-refractivity contribution in [3.8, 4) is 5.75 Å². The summed E-state index contributed by atoms with van der Waals surface area (Å²) in [4.78, 5) is 41.3. The molecule has 1 heterocycles. The van der Waals surface area contributed by atoms with Gasteiger partial charge < -0.3 is 25.4 Å². The minimum absolute atomic E-state index is 0.0867. The van der Waals surface area contributed by atoms with Crippen LogP contribution in [0.1, 0.15) is 59.8 Å². The van der Waals surface area contributed by atoms with Crippen LogP contribution < -0.4 is 15.8 Å². The Morgan fingerprint density at radius 1 is 1.05 bits per heavy atom. The molecule has 2 aliphatic rings. The molecular formula is C32H34FN3O7S. The van der Waals surface area contributed by atoms with Gasteiger partial charge in [-0.05, 0) is 73.7 Å². The topological polar surface area (TPSA) is 145 Å². The second-order valence-corrected chi connectivity index (χ2v) is 13.0. The highest BCUT2D eigenvalue weighted by molar-refractivity contribution is 7.92. The first-order valence-corrected chi connectivity index (χ1v) is 15.9. The van der Waals surface area contributed by atoms with Crippen molar-refractivity contribution < 1.29 is 36.7 Å². The zero-order valence-electron chi connectivity index (χ0n) is 24.4. The average Bonchev–Trinajstić information content (AvgIpc) is 3.79. The fraction of sp³-hybridized carbons (Fsp3) is 0.344. The molecule has 0 unspecified atom stereocenters. The van der Waals surface area contributed by atoms with Crippen LogP contribution in [0, 0.1) is 11.7 Å². The number of carbonyl (C=O) groups is 3. The van der Waals surface area contributed by atoms with Crippen molar-refractivity contribution in [2.45, 2.75) is 48.4 Å². The van der Waals surface area contributed by atoms with E-state index >= 15 is 0 Å². The number of hydrogen-bond donors (Lipinski definition) is 2. The second-order valence-electron chi connectivity index (χ2n) is 10.8. The van der Waals surface area contributed by atoms with Gasteiger partial charge in [-0.25, -0.2) is 12.8 Å². The van der Waals surface area contributed by atoms with Gasteiger partial charge in [-0.1, -0.05) is 30.3 Å². The summed E-state index contributed by atoms with van der Waals surface area (Å²) in [5.74, 6) is -3.23. The number of rotatable bonds is 11. The number of esters is 1. The van der Waals surface area contributed by atoms with E-state index in [1.54, 1.807) is 37.3 Å². The zero-order valence-corrected chi connectivity index (χ0v) is 25.2. The maximum atomic E-state index is 14.6. The van der Waals surface area contributed by atoms with Crippen molar-refractivity contribution in [2.24, 2.45) is 11.7 Å². The Morgan fingerprint density at radius 2 is 1.80 bits per heavy atom. The van der Waals surface area contributed by atoms with Gasteiger partial charge in [0.25, 0.3) is 0 Å². The van der Waals surface area contributed by atoms with Crippen molar-refractivity contribution in [3.63, 3.8) is 0 Å². The molecule has 1 aliphatic carbocycles. The van der Waals surface area contributed by atoms with Crippen LogP contribution in [0.3, 0.4) is 0 Å². The Labute approximate surface area is 255 Å². The minimum atomic E-state index is -3.70. The molecule has 1 saturated carbocycles. The summed E-state index contributed by atoms with van der Waals surface area (Å²) in [6.45, 7) is 1.93. The number of ether oxygens (including phenoxy) is 2. The Kier molecular flexibility index (Phi) is 8.91. The fourth-order valence-corrected chi connectivity index (χ4v) is 7.60. The number of benzene rings is 3. The Hall–Kier alpha value is -4.45. The number of anilines is 1. The largest absolute Gasteiger partial charge is 0.494 e. The highest BCUT2D eigenvalue weighted by atomic mass is 32.2. The number of nitrogens with zero attached hydrogens (tertiary/aromatic N) is 1. The zero-order chi connectivity index (χ0) is 31.6. The van der Waals surface area contributed by atoms with Crippen molar-refractivity contribution >= 4 is 33.3 Å². The third-order valence-electron chi connectivity index (χ3n) is 7.99. The van der Waals surface area contributed by atoms with Gasteiger partial charge in [0, 0.05) is 17.8 Å². The first kappa shape index (κ1) is 31.0. The Balaban J connectivity index is 1.62. The summed E-state index contributed by atoms with van der Waals surface area (Å²) in [6, 6.07) is 14.6. The van der Waals surface area contributed by atoms with E-state index in [0.717, 1.165) is 0 Å². The standard InChI is InChI=1S/C32H34FN3O7S/c1-3-43-32(39)24-15-16-36(29(24)23-9-4-5-10-27(23)44(40,41)22-12-13-22)31(38)28(19-11-14-25(33)26(18-19)42-2)35-21-8-6-7-20(17-21)30(34)37/h4-11,14,17-18,22,24,28-29,35H,3,12-13,15-16H2,1-2H3,(H2,34,37)/t24-,28+,29-/m0/s1. The van der Waals surface area contributed by atoms with Crippen LogP contribution in [-0.4, -0.2) is 56.6 Å². The predicted octanol–water partition coefficient (Wildman–Crippen LogP) is 4.18. The first-order valence-electron chi connectivity index (χ1n) is 14.4. The molecule has 232 valence electrons. The smallest absolute Gasteiger partial charge is 0.311 e. The summed E-state index contributed by atoms with van der Waals surface area (Å²) in [7, 11) is -2.39. The maximum Gasteiger partial charge on any atom is 0.311 e. The van der Waals surface area contributed by atoms with E-state index < -0.39 is 56.7 Å². The lowest BCUT2D eigenvalue weighted by molar-refractivity contribution is -0.149. The lowest BCUT2D eigenvalue weighted by Crippen LogP contribution is -2.40. The van der Waals surface area contributed by atoms with E-state index in [2.05, 4.69) is 5.32 Å². The first-order chi connectivity index (χ1) is 21.1. The number of halogens is 1. The number of likely N-dealkylation sites (tertiary alicyclic amines) is 1. The molecule has 2 fully saturated rings. The quantitative estimate of drug-likeness (QED) is 0.303. The van der Waals surface area contributed by atoms with Gasteiger partial charge in [-0.3, -0.25) is 14.4 Å². The van der Waals surface area contributed by atoms with E-state index in [1.165, 1.54) is 48.4 Å². The molecule has 1 saturated heterocycles. The highest BCUT2D eigenvalue weighted by Gasteiger charge is 2.48. The maximum absolute atomic E-state index is 14.6. The van der Waals surface area contributed by atoms with Crippen molar-refractivity contribution in [2.75, 3.05) is 25.6 Å². The number of hydrogen-bond acceptors (Lipinski definition) is 8. The number of amides is 2. The van der Waals surface area contributed by atoms with Gasteiger partial charge in [0.2, 0.25) is 11.8 Å². The van der Waals surface area contributed by atoms with Gasteiger partial charge in [-0.15, -0.1) is 0 Å². The van der Waals surface area contributed by atoms with Crippen LogP contribution in [0.2, 0.25) is 0 Å². The Morgan fingerprint density at radius 3 is 2.48 bits per heavy atom. The molecule has 3 atom stereocenters. The molecule has 1 aliphatic heterocycles. The summed E-state index contributed by atoms with van der Waals surface area (Å²) in [5, 5.41) is 2.64. The van der Waals surface area contributed by atoms with Crippen molar-refractivity contribution in [1.29, 1.82) is 0 Å². The van der Waals surface area contributed by atoms with Crippen LogP contribution in [0.5, 0.6) is 5.75 Å². The summed E-state index contributed by atoms with van der Waals surface area (Å²) in [5.41, 5.74) is 6.75. The van der Waals surface area contributed by atoms with E-state index in [1.807, 2.05) is 0 Å². The molecule has 12 heteroatoms. The average molecular weight is 624 g/mol. The van der Waals surface area contributed by atoms with Crippen molar-refractivity contribution in [3.05, 3.63) is 89.2 Å². The number of methoxy groups -OCH3 is 1. The fourth-order valence-electron chi connectivity index (χ4n) is 5.70. The molecule has 3 aromatic rings. The second kappa shape index (κ2) is 12.7. The van der Waals surface area contributed by atoms with Crippen LogP contribution >= 0.6 is 0 Å². The Bertz CT molecular complexity index is 1690. The number of nitrogens with one attached hydrogen (secondary N) is 1. The van der Waals surface area contributed by atoms with E-state index in [0.29, 0.717) is 29.7 Å². The molecule has 0 spiro atoms. The number of sulfone groups is 1. The molecule has 0 radical (unpaired) electrons. The lowest BCUT2D eigenvalue weighted by atomic mass is 9.93. The van der Waals surface area contributed by atoms with Crippen LogP contribution in [0.25, 0.3) is 0 Å². The molecule has 3 aromatic carbocycles. The monoisotopic (exact) mass is 623 g/mol. The SMILES string of the molecule is CCOC(=O)[C@H]1CCN(C(=O)[C@H](Nc2cccc(C(N)=O)c2)c2ccc(F)c(OC)c2)[C@H]1c1ccccc1S(=O)(=O)C1CC1. The molecule has 10 nitrogen and oxygen atoms in total. The molecular weight excluding hydrogens is 589 g/mol. The molecule has 5 rings (SSSR count). The minimum Gasteiger partial charge on any atom is -0.494 e. The third-order valence-corrected chi connectivity index (χ3v) is 10.3. The van der Waals surface area contributed by atoms with E-state index in [-0.39, 0.29) is 35.8 Å². The molecule has 3 N–H and O–H groups in total. The van der Waals surface area contributed by atoms with Gasteiger partial charge in [0.1, 0.15) is 6.04 Å². The van der Waals surface area contributed by atoms with Crippen LogP contribution in [0.4, 0.5) is 10.1 Å². The summed E-state index contributed by atoms with van der Waals surface area (Å²) < 4.78 is 52.0. The number of carbonyl (C=O) groups excluding carboxylic acids is 3. The molecule has 0 bridgehead atoms. The van der Waals surface area contributed by atoms with Crippen LogP contribution in [-0.2, 0) is 24.2 Å². The predicted molar refractivity (Wildman–Crippen MR) is 160 cm³/mol. The molecule has 44 heavy (non-hydrogen) atoms. The normalized spacial score (nSPS) is 18.8. The number of nitrogens with two attached hydrogens (primary N) is 1. The van der Waals surface area contributed by atoms with Crippen LogP contribution in [0.15, 0.2) is 71.6 Å². The van der Waals surface area contributed by atoms with E-state index in [4.69, 9.17) is 15.2 Å². The molecule has 0 aromatic heterocycles. The number of primary amides is 1. The van der Waals surface area contributed by atoms with Gasteiger partial charge in [0.15, 0.2) is 21.4 Å².